The summed E-state index contributed by atoms with van der Waals surface area (Å²) in [6.45, 7) is 6.19. The lowest BCUT2D eigenvalue weighted by Gasteiger charge is -2.40. The number of primary sulfonamides is 1. The number of anilines is 2. The van der Waals surface area contributed by atoms with E-state index >= 15 is 4.39 Å². The van der Waals surface area contributed by atoms with Gasteiger partial charge in [-0.1, -0.05) is 24.8 Å². The van der Waals surface area contributed by atoms with Crippen molar-refractivity contribution in [2.45, 2.75) is 17.9 Å². The topological polar surface area (TPSA) is 145 Å². The zero-order chi connectivity index (χ0) is 29.6. The largest absolute Gasteiger partial charge is 0.398 e. The molecule has 41 heavy (non-hydrogen) atoms. The number of sulfonamides is 1. The van der Waals surface area contributed by atoms with Crippen molar-refractivity contribution >= 4 is 38.3 Å². The van der Waals surface area contributed by atoms with Gasteiger partial charge in [-0.15, -0.1) is 0 Å². The fourth-order valence-electron chi connectivity index (χ4n) is 5.18. The van der Waals surface area contributed by atoms with Crippen molar-refractivity contribution in [1.29, 1.82) is 0 Å². The molecule has 1 aliphatic rings. The SMILES string of the molecule is C=CC(=O)N1CCN(c2nc(=O)n(-c3ccccc3S(N)(=O)=O)c3cc(-c4c(N)cccc4F)c(F)cc23)[C@@H](C)C1. The second-order valence-electron chi connectivity index (χ2n) is 9.65. The molecule has 4 N–H and O–H groups in total. The number of halogens is 2. The number of aromatic nitrogens is 2. The number of nitrogens with two attached hydrogens (primary N) is 2. The molecule has 2 heterocycles. The van der Waals surface area contributed by atoms with E-state index < -0.39 is 27.3 Å². The van der Waals surface area contributed by atoms with Gasteiger partial charge < -0.3 is 15.5 Å². The third-order valence-corrected chi connectivity index (χ3v) is 8.03. The number of fused-ring (bicyclic) bond motifs is 1. The second kappa shape index (κ2) is 10.4. The molecule has 1 aromatic heterocycles. The van der Waals surface area contributed by atoms with Crippen molar-refractivity contribution in [1.82, 2.24) is 14.5 Å². The van der Waals surface area contributed by atoms with E-state index in [0.29, 0.717) is 6.54 Å². The number of nitrogens with zero attached hydrogens (tertiary/aromatic N) is 4. The van der Waals surface area contributed by atoms with Crippen molar-refractivity contribution in [3.05, 3.63) is 89.4 Å². The van der Waals surface area contributed by atoms with E-state index in [9.17, 15) is 22.4 Å². The summed E-state index contributed by atoms with van der Waals surface area (Å²) in [6.07, 6.45) is 1.21. The Morgan fingerprint density at radius 3 is 2.49 bits per heavy atom. The molecule has 3 aromatic carbocycles. The number of amides is 1. The molecule has 5 rings (SSSR count). The first-order valence-corrected chi connectivity index (χ1v) is 14.1. The minimum absolute atomic E-state index is 0.0343. The Bertz CT molecular complexity index is 1870. The highest BCUT2D eigenvalue weighted by molar-refractivity contribution is 7.89. The molecule has 0 radical (unpaired) electrons. The molecule has 4 aromatic rings. The van der Waals surface area contributed by atoms with Gasteiger partial charge in [0.05, 0.1) is 11.2 Å². The zero-order valence-electron chi connectivity index (χ0n) is 21.9. The Morgan fingerprint density at radius 2 is 1.83 bits per heavy atom. The number of piperazine rings is 1. The van der Waals surface area contributed by atoms with Crippen LogP contribution in [-0.4, -0.2) is 54.5 Å². The summed E-state index contributed by atoms with van der Waals surface area (Å²) in [5.41, 5.74) is 4.59. The molecule has 212 valence electrons. The predicted octanol–water partition coefficient (Wildman–Crippen LogP) is 2.78. The first kappa shape index (κ1) is 27.9. The summed E-state index contributed by atoms with van der Waals surface area (Å²) < 4.78 is 56.6. The van der Waals surface area contributed by atoms with E-state index in [1.165, 1.54) is 48.5 Å². The van der Waals surface area contributed by atoms with Crippen molar-refractivity contribution in [2.75, 3.05) is 30.3 Å². The van der Waals surface area contributed by atoms with Crippen LogP contribution in [0.4, 0.5) is 20.3 Å². The Balaban J connectivity index is 1.83. The van der Waals surface area contributed by atoms with Gasteiger partial charge in [-0.2, -0.15) is 4.98 Å². The minimum Gasteiger partial charge on any atom is -0.398 e. The van der Waals surface area contributed by atoms with Crippen LogP contribution in [0.1, 0.15) is 6.92 Å². The summed E-state index contributed by atoms with van der Waals surface area (Å²) in [5.74, 6) is -1.75. The van der Waals surface area contributed by atoms with Crippen LogP contribution in [0.25, 0.3) is 27.7 Å². The quantitative estimate of drug-likeness (QED) is 0.273. The molecule has 10 nitrogen and oxygen atoms in total. The smallest absolute Gasteiger partial charge is 0.354 e. The predicted molar refractivity (Wildman–Crippen MR) is 152 cm³/mol. The van der Waals surface area contributed by atoms with Crippen molar-refractivity contribution in [3.8, 4) is 16.8 Å². The van der Waals surface area contributed by atoms with Crippen LogP contribution in [0.15, 0.2) is 76.9 Å². The molecule has 1 aliphatic heterocycles. The number of para-hydroxylation sites is 1. The fraction of sp³-hybridized carbons (Fsp3) is 0.179. The second-order valence-corrected chi connectivity index (χ2v) is 11.2. The maximum atomic E-state index is 15.8. The van der Waals surface area contributed by atoms with Gasteiger partial charge in [0.15, 0.2) is 0 Å². The van der Waals surface area contributed by atoms with Crippen LogP contribution < -0.4 is 21.5 Å². The van der Waals surface area contributed by atoms with Crippen LogP contribution in [0, 0.1) is 11.6 Å². The summed E-state index contributed by atoms with van der Waals surface area (Å²) in [6, 6.07) is 11.5. The Labute approximate surface area is 234 Å². The average molecular weight is 581 g/mol. The highest BCUT2D eigenvalue weighted by Gasteiger charge is 2.30. The molecule has 0 bridgehead atoms. The molecule has 1 amide bonds. The van der Waals surface area contributed by atoms with E-state index in [1.54, 1.807) is 9.80 Å². The summed E-state index contributed by atoms with van der Waals surface area (Å²) in [5, 5.41) is 5.60. The number of carbonyl (C=O) groups is 1. The van der Waals surface area contributed by atoms with Gasteiger partial charge in [-0.05, 0) is 49.4 Å². The van der Waals surface area contributed by atoms with Crippen LogP contribution in [0.3, 0.4) is 0 Å². The molecule has 0 unspecified atom stereocenters. The van der Waals surface area contributed by atoms with E-state index in [4.69, 9.17) is 10.9 Å². The van der Waals surface area contributed by atoms with Gasteiger partial charge in [0.1, 0.15) is 22.3 Å². The Kier molecular flexibility index (Phi) is 7.09. The lowest BCUT2D eigenvalue weighted by Crippen LogP contribution is -2.54. The first-order chi connectivity index (χ1) is 19.4. The summed E-state index contributed by atoms with van der Waals surface area (Å²) >= 11 is 0. The fourth-order valence-corrected chi connectivity index (χ4v) is 5.90. The molecule has 13 heteroatoms. The minimum atomic E-state index is -4.30. The molecule has 1 fully saturated rings. The van der Waals surface area contributed by atoms with Crippen LogP contribution in [0.5, 0.6) is 0 Å². The molecular weight excluding hydrogens is 554 g/mol. The van der Waals surface area contributed by atoms with E-state index in [2.05, 4.69) is 11.6 Å². The van der Waals surface area contributed by atoms with Gasteiger partial charge in [-0.25, -0.2) is 27.1 Å². The molecule has 0 spiro atoms. The van der Waals surface area contributed by atoms with Gasteiger partial charge in [0, 0.05) is 47.9 Å². The van der Waals surface area contributed by atoms with E-state index in [1.807, 2.05) is 6.92 Å². The van der Waals surface area contributed by atoms with Crippen molar-refractivity contribution < 1.29 is 22.0 Å². The number of rotatable bonds is 5. The monoisotopic (exact) mass is 580 g/mol. The third kappa shape index (κ3) is 4.93. The number of hydrogen-bond acceptors (Lipinski definition) is 7. The van der Waals surface area contributed by atoms with Crippen LogP contribution in [-0.2, 0) is 14.8 Å². The summed E-state index contributed by atoms with van der Waals surface area (Å²) in [7, 11) is -4.30. The van der Waals surface area contributed by atoms with E-state index in [-0.39, 0.29) is 69.2 Å². The molecular formula is C28H26F2N6O4S. The molecule has 0 saturated carbocycles. The molecule has 0 aliphatic carbocycles. The van der Waals surface area contributed by atoms with Gasteiger partial charge in [0.2, 0.25) is 15.9 Å². The Hall–Kier alpha value is -4.62. The molecule has 1 atom stereocenters. The maximum absolute atomic E-state index is 15.8. The van der Waals surface area contributed by atoms with E-state index in [0.717, 1.165) is 16.7 Å². The highest BCUT2D eigenvalue weighted by atomic mass is 32.2. The number of carbonyl (C=O) groups excluding carboxylic acids is 1. The maximum Gasteiger partial charge on any atom is 0.354 e. The lowest BCUT2D eigenvalue weighted by molar-refractivity contribution is -0.126. The van der Waals surface area contributed by atoms with Crippen molar-refractivity contribution in [2.24, 2.45) is 5.14 Å². The average Bonchev–Trinajstić information content (AvgIpc) is 2.92. The van der Waals surface area contributed by atoms with Gasteiger partial charge >= 0.3 is 5.69 Å². The third-order valence-electron chi connectivity index (χ3n) is 7.07. The van der Waals surface area contributed by atoms with Gasteiger partial charge in [0.25, 0.3) is 0 Å². The number of hydrogen-bond donors (Lipinski definition) is 2. The standard InChI is InChI=1S/C28H26F2N6O4S/c1-3-25(37)34-11-12-35(16(2)15-34)27-18-13-20(30)17(26-19(29)7-6-8-21(26)31)14-23(18)36(28(38)33-27)22-9-4-5-10-24(22)41(32,39)40/h3-10,13-14,16H,1,11-12,15,31H2,2H3,(H2,32,39,40)/t16-/m0/s1. The number of nitrogen functional groups attached to an aromatic ring is 1. The number of benzene rings is 3. The normalized spacial score (nSPS) is 15.8. The highest BCUT2D eigenvalue weighted by Crippen LogP contribution is 2.37. The van der Waals surface area contributed by atoms with Crippen LogP contribution >= 0.6 is 0 Å². The molecule has 1 saturated heterocycles. The Morgan fingerprint density at radius 1 is 1.10 bits per heavy atom. The van der Waals surface area contributed by atoms with Gasteiger partial charge in [-0.3, -0.25) is 9.36 Å². The first-order valence-electron chi connectivity index (χ1n) is 12.5. The van der Waals surface area contributed by atoms with Crippen LogP contribution in [0.2, 0.25) is 0 Å². The zero-order valence-corrected chi connectivity index (χ0v) is 22.7. The van der Waals surface area contributed by atoms with Crippen molar-refractivity contribution in [3.63, 3.8) is 0 Å². The summed E-state index contributed by atoms with van der Waals surface area (Å²) in [4.78, 5) is 33.1. The lowest BCUT2D eigenvalue weighted by atomic mass is 10.00.